The molecule has 0 spiro atoms. The third-order valence-electron chi connectivity index (χ3n) is 5.21. The lowest BCUT2D eigenvalue weighted by molar-refractivity contribution is 0.405. The summed E-state index contributed by atoms with van der Waals surface area (Å²) >= 11 is 0. The maximum absolute atomic E-state index is 2.50. The summed E-state index contributed by atoms with van der Waals surface area (Å²) in [5.74, 6) is 2.71. The van der Waals surface area contributed by atoms with Crippen molar-refractivity contribution in [3.63, 3.8) is 0 Å². The van der Waals surface area contributed by atoms with Crippen LogP contribution in [0.1, 0.15) is 78.1 Å². The Hall–Kier alpha value is -0.520. The van der Waals surface area contributed by atoms with Gasteiger partial charge in [-0.05, 0) is 49.9 Å². The van der Waals surface area contributed by atoms with E-state index in [1.54, 1.807) is 5.57 Å². The Morgan fingerprint density at radius 2 is 2.00 bits per heavy atom. The van der Waals surface area contributed by atoms with Gasteiger partial charge in [-0.2, -0.15) is 0 Å². The first kappa shape index (κ1) is 14.9. The van der Waals surface area contributed by atoms with E-state index < -0.39 is 0 Å². The van der Waals surface area contributed by atoms with E-state index in [0.29, 0.717) is 0 Å². The van der Waals surface area contributed by atoms with Crippen molar-refractivity contribution in [3.8, 4) is 0 Å². The molecule has 1 saturated carbocycles. The molecule has 2 aliphatic carbocycles. The predicted octanol–water partition coefficient (Wildman–Crippen LogP) is 6.29. The lowest BCUT2D eigenvalue weighted by Crippen LogP contribution is -2.06. The standard InChI is InChI=1S/C19H32/c1-3-4-12-17-15-16(2)18-13-10-8-6-5-7-9-11-14-19(17)18/h9,11,14,16-18H,3-8,10,12-13,15H2,1-2H3. The highest BCUT2D eigenvalue weighted by molar-refractivity contribution is 5.23. The molecule has 0 amide bonds. The quantitative estimate of drug-likeness (QED) is 0.559. The van der Waals surface area contributed by atoms with Gasteiger partial charge in [-0.1, -0.05) is 69.8 Å². The second kappa shape index (κ2) is 7.92. The van der Waals surface area contributed by atoms with Gasteiger partial charge in [-0.25, -0.2) is 0 Å². The van der Waals surface area contributed by atoms with Crippen molar-refractivity contribution < 1.29 is 0 Å². The van der Waals surface area contributed by atoms with Gasteiger partial charge >= 0.3 is 0 Å². The van der Waals surface area contributed by atoms with E-state index in [4.69, 9.17) is 0 Å². The molecule has 0 aliphatic heterocycles. The van der Waals surface area contributed by atoms with Crippen LogP contribution in [0.15, 0.2) is 23.8 Å². The van der Waals surface area contributed by atoms with Crippen molar-refractivity contribution in [1.82, 2.24) is 0 Å². The fraction of sp³-hybridized carbons (Fsp3) is 0.789. The molecule has 0 bridgehead atoms. The summed E-state index contributed by atoms with van der Waals surface area (Å²) < 4.78 is 0. The van der Waals surface area contributed by atoms with Crippen molar-refractivity contribution in [2.75, 3.05) is 0 Å². The first-order valence-electron chi connectivity index (χ1n) is 8.69. The van der Waals surface area contributed by atoms with Crippen LogP contribution in [0.3, 0.4) is 0 Å². The van der Waals surface area contributed by atoms with Crippen LogP contribution in [0.5, 0.6) is 0 Å². The van der Waals surface area contributed by atoms with E-state index in [1.807, 2.05) is 0 Å². The summed E-state index contributed by atoms with van der Waals surface area (Å²) in [6.07, 6.45) is 21.3. The molecular formula is C19H32. The minimum absolute atomic E-state index is 0.893. The second-order valence-electron chi connectivity index (χ2n) is 6.75. The van der Waals surface area contributed by atoms with Crippen LogP contribution in [0.4, 0.5) is 0 Å². The topological polar surface area (TPSA) is 0 Å². The lowest BCUT2D eigenvalue weighted by atomic mass is 9.87. The average Bonchev–Trinajstić information content (AvgIpc) is 2.68. The first-order valence-corrected chi connectivity index (χ1v) is 8.69. The average molecular weight is 260 g/mol. The summed E-state index contributed by atoms with van der Waals surface area (Å²) in [4.78, 5) is 0. The third kappa shape index (κ3) is 4.23. The summed E-state index contributed by atoms with van der Waals surface area (Å²) in [6, 6.07) is 0. The van der Waals surface area contributed by atoms with Crippen molar-refractivity contribution >= 4 is 0 Å². The zero-order valence-electron chi connectivity index (χ0n) is 13.0. The summed E-state index contributed by atoms with van der Waals surface area (Å²) in [5.41, 5.74) is 1.80. The molecule has 108 valence electrons. The molecule has 3 atom stereocenters. The van der Waals surface area contributed by atoms with Gasteiger partial charge in [0.25, 0.3) is 0 Å². The molecule has 0 aromatic carbocycles. The molecule has 0 N–H and O–H groups in total. The largest absolute Gasteiger partial charge is 0.0845 e. The number of allylic oxidation sites excluding steroid dienone is 4. The second-order valence-corrected chi connectivity index (χ2v) is 6.75. The van der Waals surface area contributed by atoms with Gasteiger partial charge in [0.05, 0.1) is 0 Å². The molecule has 0 saturated heterocycles. The van der Waals surface area contributed by atoms with Gasteiger partial charge in [-0.15, -0.1) is 0 Å². The molecular weight excluding hydrogens is 228 g/mol. The van der Waals surface area contributed by atoms with Gasteiger partial charge in [0.2, 0.25) is 0 Å². The molecule has 3 unspecified atom stereocenters. The summed E-state index contributed by atoms with van der Waals surface area (Å²) in [6.45, 7) is 4.81. The monoisotopic (exact) mass is 260 g/mol. The predicted molar refractivity (Wildman–Crippen MR) is 85.2 cm³/mol. The van der Waals surface area contributed by atoms with Gasteiger partial charge < -0.3 is 0 Å². The Morgan fingerprint density at radius 1 is 1.16 bits per heavy atom. The van der Waals surface area contributed by atoms with Crippen LogP contribution in [-0.2, 0) is 0 Å². The normalized spacial score (nSPS) is 32.5. The SMILES string of the molecule is CCCCC1CC(C)C2CCCCCCC=CC=C12. The Labute approximate surface area is 120 Å². The summed E-state index contributed by atoms with van der Waals surface area (Å²) in [7, 11) is 0. The zero-order chi connectivity index (χ0) is 13.5. The van der Waals surface area contributed by atoms with Crippen LogP contribution in [0.25, 0.3) is 0 Å². The van der Waals surface area contributed by atoms with Gasteiger partial charge in [0.15, 0.2) is 0 Å². The fourth-order valence-electron chi connectivity index (χ4n) is 4.08. The van der Waals surface area contributed by atoms with Crippen LogP contribution < -0.4 is 0 Å². The Kier molecular flexibility index (Phi) is 6.20. The van der Waals surface area contributed by atoms with Gasteiger partial charge in [0.1, 0.15) is 0 Å². The van der Waals surface area contributed by atoms with Gasteiger partial charge in [-0.3, -0.25) is 0 Å². The molecule has 2 rings (SSSR count). The number of unbranched alkanes of at least 4 members (excludes halogenated alkanes) is 1. The van der Waals surface area contributed by atoms with Crippen molar-refractivity contribution in [2.45, 2.75) is 78.1 Å². The van der Waals surface area contributed by atoms with E-state index in [9.17, 15) is 0 Å². The minimum Gasteiger partial charge on any atom is -0.0845 e. The fourth-order valence-corrected chi connectivity index (χ4v) is 4.08. The van der Waals surface area contributed by atoms with Crippen LogP contribution >= 0.6 is 0 Å². The maximum Gasteiger partial charge on any atom is -0.0171 e. The summed E-state index contributed by atoms with van der Waals surface area (Å²) in [5, 5.41) is 0. The third-order valence-corrected chi connectivity index (χ3v) is 5.21. The highest BCUT2D eigenvalue weighted by Crippen LogP contribution is 2.45. The molecule has 1 fully saturated rings. The van der Waals surface area contributed by atoms with Crippen molar-refractivity contribution in [2.24, 2.45) is 17.8 Å². The highest BCUT2D eigenvalue weighted by atomic mass is 14.4. The lowest BCUT2D eigenvalue weighted by Gasteiger charge is -2.18. The Balaban J connectivity index is 2.08. The van der Waals surface area contributed by atoms with Crippen LogP contribution in [-0.4, -0.2) is 0 Å². The molecule has 0 heteroatoms. The smallest absolute Gasteiger partial charge is 0.0171 e. The molecule has 0 radical (unpaired) electrons. The molecule has 0 aromatic rings. The minimum atomic E-state index is 0.893. The number of rotatable bonds is 3. The number of fused-ring (bicyclic) bond motifs is 1. The molecule has 19 heavy (non-hydrogen) atoms. The van der Waals surface area contributed by atoms with E-state index in [0.717, 1.165) is 17.8 Å². The van der Waals surface area contributed by atoms with Crippen molar-refractivity contribution in [1.29, 1.82) is 0 Å². The Bertz CT molecular complexity index is 310. The van der Waals surface area contributed by atoms with Crippen LogP contribution in [0.2, 0.25) is 0 Å². The Morgan fingerprint density at radius 3 is 2.84 bits per heavy atom. The van der Waals surface area contributed by atoms with E-state index >= 15 is 0 Å². The number of hydrogen-bond acceptors (Lipinski definition) is 0. The first-order chi connectivity index (χ1) is 9.33. The molecule has 0 heterocycles. The zero-order valence-corrected chi connectivity index (χ0v) is 13.0. The molecule has 2 aliphatic rings. The highest BCUT2D eigenvalue weighted by Gasteiger charge is 2.34. The van der Waals surface area contributed by atoms with Gasteiger partial charge in [0, 0.05) is 0 Å². The molecule has 0 aromatic heterocycles. The molecule has 0 nitrogen and oxygen atoms in total. The van der Waals surface area contributed by atoms with E-state index in [2.05, 4.69) is 32.1 Å². The van der Waals surface area contributed by atoms with Crippen molar-refractivity contribution in [3.05, 3.63) is 23.8 Å². The number of hydrogen-bond donors (Lipinski definition) is 0. The maximum atomic E-state index is 2.50. The van der Waals surface area contributed by atoms with E-state index in [-0.39, 0.29) is 0 Å². The van der Waals surface area contributed by atoms with Crippen LogP contribution in [0, 0.1) is 17.8 Å². The van der Waals surface area contributed by atoms with E-state index in [1.165, 1.54) is 64.2 Å².